The molecular weight excluding hydrogens is 322 g/mol. The maximum absolute atomic E-state index is 10.2. The van der Waals surface area contributed by atoms with Gasteiger partial charge in [-0.05, 0) is 63.9 Å². The van der Waals surface area contributed by atoms with E-state index in [1.807, 2.05) is 0 Å². The number of hydrogen-bond donors (Lipinski definition) is 1. The van der Waals surface area contributed by atoms with E-state index in [0.29, 0.717) is 6.54 Å². The van der Waals surface area contributed by atoms with Crippen LogP contribution in [0.5, 0.6) is 0 Å². The minimum Gasteiger partial charge on any atom is -0.391 e. The van der Waals surface area contributed by atoms with E-state index in [0.717, 1.165) is 37.3 Å². The van der Waals surface area contributed by atoms with E-state index in [4.69, 9.17) is 4.98 Å². The molecule has 1 atom stereocenters. The molecule has 2 aliphatic heterocycles. The molecule has 0 unspecified atom stereocenters. The Morgan fingerprint density at radius 1 is 1.04 bits per heavy atom. The fourth-order valence-electron chi connectivity index (χ4n) is 4.40. The summed E-state index contributed by atoms with van der Waals surface area (Å²) in [6, 6.07) is 8.85. The van der Waals surface area contributed by atoms with Gasteiger partial charge in [-0.25, -0.2) is 4.98 Å². The first-order chi connectivity index (χ1) is 12.7. The molecule has 0 radical (unpaired) electrons. The molecule has 2 saturated heterocycles. The molecule has 0 bridgehead atoms. The smallest absolute Gasteiger partial charge is 0.133 e. The summed E-state index contributed by atoms with van der Waals surface area (Å²) in [6.45, 7) is 7.19. The van der Waals surface area contributed by atoms with Gasteiger partial charge in [0, 0.05) is 30.6 Å². The van der Waals surface area contributed by atoms with E-state index in [2.05, 4.69) is 41.0 Å². The number of likely N-dealkylation sites (tertiary alicyclic amines) is 1. The molecule has 1 aromatic heterocycles. The van der Waals surface area contributed by atoms with Gasteiger partial charge in [0.2, 0.25) is 0 Å². The molecule has 4 heteroatoms. The highest BCUT2D eigenvalue weighted by molar-refractivity contribution is 5.82. The number of hydrogen-bond acceptors (Lipinski definition) is 4. The molecular formula is C22H31N3O. The van der Waals surface area contributed by atoms with Crippen molar-refractivity contribution in [3.63, 3.8) is 0 Å². The highest BCUT2D eigenvalue weighted by atomic mass is 16.3. The molecule has 1 N–H and O–H groups in total. The van der Waals surface area contributed by atoms with Crippen LogP contribution in [-0.2, 0) is 6.54 Å². The van der Waals surface area contributed by atoms with Crippen LogP contribution in [0.15, 0.2) is 24.3 Å². The number of pyridine rings is 1. The van der Waals surface area contributed by atoms with Crippen molar-refractivity contribution in [2.45, 2.75) is 58.1 Å². The van der Waals surface area contributed by atoms with Gasteiger partial charge in [0.05, 0.1) is 11.6 Å². The molecule has 3 heterocycles. The second-order valence-corrected chi connectivity index (χ2v) is 8.10. The number of benzene rings is 1. The van der Waals surface area contributed by atoms with Crippen LogP contribution in [0.4, 0.5) is 5.82 Å². The third-order valence-corrected chi connectivity index (χ3v) is 5.82. The van der Waals surface area contributed by atoms with Crippen LogP contribution in [0.1, 0.15) is 49.7 Å². The summed E-state index contributed by atoms with van der Waals surface area (Å²) in [6.07, 6.45) is 7.04. The van der Waals surface area contributed by atoms with Crippen LogP contribution in [0.2, 0.25) is 0 Å². The van der Waals surface area contributed by atoms with Crippen LogP contribution in [-0.4, -0.2) is 47.3 Å². The van der Waals surface area contributed by atoms with Crippen LogP contribution >= 0.6 is 0 Å². The topological polar surface area (TPSA) is 39.6 Å². The monoisotopic (exact) mass is 353 g/mol. The number of nitrogens with zero attached hydrogens (tertiary/aromatic N) is 3. The normalized spacial score (nSPS) is 22.5. The fraction of sp³-hybridized carbons (Fsp3) is 0.591. The van der Waals surface area contributed by atoms with E-state index in [9.17, 15) is 5.11 Å². The van der Waals surface area contributed by atoms with E-state index in [1.54, 1.807) is 0 Å². The van der Waals surface area contributed by atoms with Crippen LogP contribution in [0.3, 0.4) is 0 Å². The zero-order valence-corrected chi connectivity index (χ0v) is 16.0. The number of aromatic nitrogens is 1. The van der Waals surface area contributed by atoms with Crippen molar-refractivity contribution in [3.05, 3.63) is 35.4 Å². The summed E-state index contributed by atoms with van der Waals surface area (Å²) in [5, 5.41) is 11.4. The lowest BCUT2D eigenvalue weighted by atomic mass is 10.1. The lowest BCUT2D eigenvalue weighted by Crippen LogP contribution is -2.39. The molecule has 26 heavy (non-hydrogen) atoms. The second kappa shape index (κ2) is 7.93. The molecule has 2 fully saturated rings. The third-order valence-electron chi connectivity index (χ3n) is 5.82. The number of rotatable bonds is 3. The predicted molar refractivity (Wildman–Crippen MR) is 108 cm³/mol. The van der Waals surface area contributed by atoms with Gasteiger partial charge in [-0.1, -0.05) is 24.5 Å². The van der Waals surface area contributed by atoms with Gasteiger partial charge < -0.3 is 10.0 Å². The number of anilines is 1. The molecule has 2 aliphatic rings. The van der Waals surface area contributed by atoms with Crippen molar-refractivity contribution in [2.75, 3.05) is 31.1 Å². The van der Waals surface area contributed by atoms with Crippen molar-refractivity contribution < 1.29 is 5.11 Å². The Kier molecular flexibility index (Phi) is 5.41. The number of β-amino-alcohol motifs (C(OH)–C–C–N with tert-alkyl or cyclic N) is 1. The van der Waals surface area contributed by atoms with Crippen LogP contribution in [0, 0.1) is 6.92 Å². The van der Waals surface area contributed by atoms with Gasteiger partial charge in [-0.15, -0.1) is 0 Å². The van der Waals surface area contributed by atoms with E-state index < -0.39 is 0 Å². The highest BCUT2D eigenvalue weighted by Gasteiger charge is 2.23. The SMILES string of the molecule is Cc1ccc2nc(N3CCC[C@@H](O)C3)c(CN3CCCCCC3)cc2c1. The summed E-state index contributed by atoms with van der Waals surface area (Å²) >= 11 is 0. The van der Waals surface area contributed by atoms with Crippen molar-refractivity contribution in [2.24, 2.45) is 0 Å². The van der Waals surface area contributed by atoms with E-state index >= 15 is 0 Å². The molecule has 140 valence electrons. The zero-order chi connectivity index (χ0) is 17.9. The average molecular weight is 354 g/mol. The number of aryl methyl sites for hydroxylation is 1. The maximum Gasteiger partial charge on any atom is 0.133 e. The molecule has 0 aliphatic carbocycles. The lowest BCUT2D eigenvalue weighted by Gasteiger charge is -2.33. The summed E-state index contributed by atoms with van der Waals surface area (Å²) in [5.41, 5.74) is 3.66. The summed E-state index contributed by atoms with van der Waals surface area (Å²) < 4.78 is 0. The van der Waals surface area contributed by atoms with E-state index in [1.165, 1.54) is 55.3 Å². The van der Waals surface area contributed by atoms with Gasteiger partial charge >= 0.3 is 0 Å². The first-order valence-corrected chi connectivity index (χ1v) is 10.2. The number of piperidine rings is 1. The molecule has 0 amide bonds. The molecule has 1 aromatic carbocycles. The first-order valence-electron chi connectivity index (χ1n) is 10.2. The van der Waals surface area contributed by atoms with E-state index in [-0.39, 0.29) is 6.10 Å². The number of aliphatic hydroxyl groups is 1. The quantitative estimate of drug-likeness (QED) is 0.909. The van der Waals surface area contributed by atoms with Crippen molar-refractivity contribution in [1.29, 1.82) is 0 Å². The Morgan fingerprint density at radius 2 is 1.85 bits per heavy atom. The number of fused-ring (bicyclic) bond motifs is 1. The fourth-order valence-corrected chi connectivity index (χ4v) is 4.40. The average Bonchev–Trinajstić information content (AvgIpc) is 2.90. The van der Waals surface area contributed by atoms with Gasteiger partial charge in [-0.3, -0.25) is 4.90 Å². The first kappa shape index (κ1) is 17.7. The largest absolute Gasteiger partial charge is 0.391 e. The summed E-state index contributed by atoms with van der Waals surface area (Å²) in [4.78, 5) is 9.95. The zero-order valence-electron chi connectivity index (χ0n) is 16.0. The minimum absolute atomic E-state index is 0.231. The molecule has 4 nitrogen and oxygen atoms in total. The molecule has 0 saturated carbocycles. The van der Waals surface area contributed by atoms with Crippen LogP contribution in [0.25, 0.3) is 10.9 Å². The van der Waals surface area contributed by atoms with Crippen molar-refractivity contribution >= 4 is 16.7 Å². The Balaban J connectivity index is 1.70. The lowest BCUT2D eigenvalue weighted by molar-refractivity contribution is 0.153. The third kappa shape index (κ3) is 4.02. The van der Waals surface area contributed by atoms with Gasteiger partial charge in [0.1, 0.15) is 5.82 Å². The van der Waals surface area contributed by atoms with Crippen LogP contribution < -0.4 is 4.90 Å². The van der Waals surface area contributed by atoms with Crippen molar-refractivity contribution in [1.82, 2.24) is 9.88 Å². The summed E-state index contributed by atoms with van der Waals surface area (Å²) in [7, 11) is 0. The molecule has 4 rings (SSSR count). The highest BCUT2D eigenvalue weighted by Crippen LogP contribution is 2.28. The Morgan fingerprint density at radius 3 is 2.62 bits per heavy atom. The van der Waals surface area contributed by atoms with Crippen molar-refractivity contribution in [3.8, 4) is 0 Å². The number of aliphatic hydroxyl groups excluding tert-OH is 1. The second-order valence-electron chi connectivity index (χ2n) is 8.10. The summed E-state index contributed by atoms with van der Waals surface area (Å²) in [5.74, 6) is 1.09. The molecule has 0 spiro atoms. The van der Waals surface area contributed by atoms with Gasteiger partial charge in [0.15, 0.2) is 0 Å². The predicted octanol–water partition coefficient (Wildman–Crippen LogP) is 3.88. The standard InChI is InChI=1S/C22H31N3O/c1-17-8-9-21-18(13-17)14-19(15-24-10-4-2-3-5-11-24)22(23-21)25-12-6-7-20(26)16-25/h8-9,13-14,20,26H,2-7,10-12,15-16H2,1H3/t20-/m1/s1. The Bertz CT molecular complexity index is 752. The Hall–Kier alpha value is -1.65. The van der Waals surface area contributed by atoms with Gasteiger partial charge in [0.25, 0.3) is 0 Å². The maximum atomic E-state index is 10.2. The Labute approximate surface area is 156 Å². The minimum atomic E-state index is -0.231. The molecule has 2 aromatic rings. The van der Waals surface area contributed by atoms with Gasteiger partial charge in [-0.2, -0.15) is 0 Å².